The molecule has 6 heteroatoms. The molecule has 0 aliphatic rings. The van der Waals surface area contributed by atoms with Gasteiger partial charge in [0.25, 0.3) is 0 Å². The number of carbonyl (C=O) groups excluding carboxylic acids is 3. The van der Waals surface area contributed by atoms with Gasteiger partial charge < -0.3 is 14.2 Å². The molecule has 1 unspecified atom stereocenters. The molecular formula is C55H88O6. The summed E-state index contributed by atoms with van der Waals surface area (Å²) >= 11 is 0. The topological polar surface area (TPSA) is 78.9 Å². The molecule has 1 atom stereocenters. The van der Waals surface area contributed by atoms with Gasteiger partial charge in [-0.05, 0) is 109 Å². The van der Waals surface area contributed by atoms with Crippen LogP contribution in [0.2, 0.25) is 0 Å². The van der Waals surface area contributed by atoms with Gasteiger partial charge >= 0.3 is 17.9 Å². The lowest BCUT2D eigenvalue weighted by Crippen LogP contribution is -2.30. The molecule has 61 heavy (non-hydrogen) atoms. The Labute approximate surface area is 374 Å². The van der Waals surface area contributed by atoms with Crippen LogP contribution < -0.4 is 0 Å². The summed E-state index contributed by atoms with van der Waals surface area (Å²) in [5, 5.41) is 0. The molecule has 0 spiro atoms. The summed E-state index contributed by atoms with van der Waals surface area (Å²) in [5.41, 5.74) is 0. The molecule has 0 radical (unpaired) electrons. The summed E-state index contributed by atoms with van der Waals surface area (Å²) in [7, 11) is 0. The Hall–Kier alpha value is -3.93. The largest absolute Gasteiger partial charge is 0.462 e. The van der Waals surface area contributed by atoms with E-state index < -0.39 is 6.10 Å². The molecule has 0 amide bonds. The molecule has 0 aliphatic heterocycles. The number of hydrogen-bond acceptors (Lipinski definition) is 6. The van der Waals surface area contributed by atoms with E-state index in [1.807, 2.05) is 0 Å². The first-order chi connectivity index (χ1) is 30.0. The van der Waals surface area contributed by atoms with Crippen LogP contribution in [0.15, 0.2) is 109 Å². The smallest absolute Gasteiger partial charge is 0.306 e. The Balaban J connectivity index is 4.52. The van der Waals surface area contributed by atoms with Crippen LogP contribution in [-0.4, -0.2) is 37.2 Å². The van der Waals surface area contributed by atoms with Crippen molar-refractivity contribution in [3.05, 3.63) is 109 Å². The van der Waals surface area contributed by atoms with Crippen molar-refractivity contribution in [2.45, 2.75) is 207 Å². The number of carbonyl (C=O) groups is 3. The van der Waals surface area contributed by atoms with Crippen LogP contribution in [0.4, 0.5) is 0 Å². The predicted molar refractivity (Wildman–Crippen MR) is 260 cm³/mol. The minimum atomic E-state index is -0.811. The minimum Gasteiger partial charge on any atom is -0.462 e. The van der Waals surface area contributed by atoms with Crippen molar-refractivity contribution in [2.24, 2.45) is 0 Å². The van der Waals surface area contributed by atoms with E-state index in [4.69, 9.17) is 14.2 Å². The molecule has 0 N–H and O–H groups in total. The van der Waals surface area contributed by atoms with Gasteiger partial charge in [-0.1, -0.05) is 182 Å². The van der Waals surface area contributed by atoms with Gasteiger partial charge in [0.2, 0.25) is 0 Å². The standard InChI is InChI=1S/C55H88O6/c1-4-7-10-13-16-19-22-25-27-28-29-31-33-36-39-42-45-48-54(57)60-51-52(50-59-53(56)47-44-41-38-35-32-24-21-18-15-12-9-6-3)61-55(58)49-46-43-40-37-34-30-26-23-20-17-14-11-8-5-2/h7-12,16-21,25,27,29,31,36,39,52H,4-6,13-15,22-24,26,28,30,32-35,37-38,40-51H2,1-3H3/b10-7-,11-8-,12-9-,19-16-,20-17-,21-18-,27-25-,31-29-,39-36-. The summed E-state index contributed by atoms with van der Waals surface area (Å²) < 4.78 is 16.7. The maximum absolute atomic E-state index is 12.8. The molecular weight excluding hydrogens is 757 g/mol. The van der Waals surface area contributed by atoms with Crippen molar-refractivity contribution in [3.63, 3.8) is 0 Å². The normalized spacial score (nSPS) is 13.0. The zero-order valence-corrected chi connectivity index (χ0v) is 39.1. The Morgan fingerprint density at radius 3 is 0.984 bits per heavy atom. The molecule has 344 valence electrons. The Kier molecular flexibility index (Phi) is 45.6. The van der Waals surface area contributed by atoms with Crippen LogP contribution in [0.3, 0.4) is 0 Å². The fraction of sp³-hybridized carbons (Fsp3) is 0.618. The highest BCUT2D eigenvalue weighted by molar-refractivity contribution is 5.71. The number of unbranched alkanes of at least 4 members (excludes halogenated alkanes) is 13. The maximum atomic E-state index is 12.8. The molecule has 0 aromatic heterocycles. The average Bonchev–Trinajstić information content (AvgIpc) is 3.26. The van der Waals surface area contributed by atoms with Gasteiger partial charge in [0.1, 0.15) is 13.2 Å². The summed E-state index contributed by atoms with van der Waals surface area (Å²) in [5.74, 6) is -1.00. The highest BCUT2D eigenvalue weighted by atomic mass is 16.6. The van der Waals surface area contributed by atoms with Crippen LogP contribution >= 0.6 is 0 Å². The van der Waals surface area contributed by atoms with E-state index in [2.05, 4.69) is 130 Å². The van der Waals surface area contributed by atoms with E-state index in [1.54, 1.807) is 0 Å². The fourth-order valence-corrected chi connectivity index (χ4v) is 6.20. The second-order valence-electron chi connectivity index (χ2n) is 15.6. The first kappa shape index (κ1) is 57.1. The fourth-order valence-electron chi connectivity index (χ4n) is 6.20. The van der Waals surface area contributed by atoms with Crippen molar-refractivity contribution < 1.29 is 28.6 Å². The molecule has 0 fully saturated rings. The number of rotatable bonds is 42. The Morgan fingerprint density at radius 2 is 0.607 bits per heavy atom. The highest BCUT2D eigenvalue weighted by Gasteiger charge is 2.19. The minimum absolute atomic E-state index is 0.109. The lowest BCUT2D eigenvalue weighted by molar-refractivity contribution is -0.167. The van der Waals surface area contributed by atoms with Crippen molar-refractivity contribution in [1.82, 2.24) is 0 Å². The molecule has 6 nitrogen and oxygen atoms in total. The van der Waals surface area contributed by atoms with Gasteiger partial charge in [0.15, 0.2) is 6.10 Å². The number of ether oxygens (including phenoxy) is 3. The summed E-state index contributed by atoms with van der Waals surface area (Å²) in [6.45, 7) is 6.22. The molecule has 0 aromatic rings. The third kappa shape index (κ3) is 47.0. The van der Waals surface area contributed by atoms with Gasteiger partial charge in [0, 0.05) is 19.3 Å². The van der Waals surface area contributed by atoms with E-state index >= 15 is 0 Å². The molecule has 0 aliphatic carbocycles. The lowest BCUT2D eigenvalue weighted by Gasteiger charge is -2.18. The van der Waals surface area contributed by atoms with Crippen molar-refractivity contribution in [3.8, 4) is 0 Å². The molecule has 0 rings (SSSR count). The second kappa shape index (κ2) is 48.7. The third-order valence-electron chi connectivity index (χ3n) is 9.75. The van der Waals surface area contributed by atoms with Crippen LogP contribution in [0.5, 0.6) is 0 Å². The maximum Gasteiger partial charge on any atom is 0.306 e. The Bertz CT molecular complexity index is 1290. The summed E-state index contributed by atoms with van der Waals surface area (Å²) in [6, 6.07) is 0. The van der Waals surface area contributed by atoms with Gasteiger partial charge in [-0.2, -0.15) is 0 Å². The van der Waals surface area contributed by atoms with Crippen molar-refractivity contribution >= 4 is 17.9 Å². The predicted octanol–water partition coefficient (Wildman–Crippen LogP) is 16.0. The highest BCUT2D eigenvalue weighted by Crippen LogP contribution is 2.13. The third-order valence-corrected chi connectivity index (χ3v) is 9.75. The van der Waals surface area contributed by atoms with Crippen molar-refractivity contribution in [1.29, 1.82) is 0 Å². The molecule has 0 saturated carbocycles. The monoisotopic (exact) mass is 845 g/mol. The van der Waals surface area contributed by atoms with E-state index in [-0.39, 0.29) is 37.5 Å². The van der Waals surface area contributed by atoms with Crippen LogP contribution in [0.25, 0.3) is 0 Å². The SMILES string of the molecule is CC/C=C\C/C=C\C/C=C\C/C=C\C/C=C\CCCC(=O)OCC(COC(=O)CCCCCCC/C=C\C/C=C\CC)OC(=O)CCCCCCCCC/C=C\C/C=C\CC. The van der Waals surface area contributed by atoms with Gasteiger partial charge in [0.05, 0.1) is 0 Å². The van der Waals surface area contributed by atoms with Gasteiger partial charge in [-0.25, -0.2) is 0 Å². The number of allylic oxidation sites excluding steroid dienone is 18. The van der Waals surface area contributed by atoms with E-state index in [0.717, 1.165) is 128 Å². The quantitative estimate of drug-likeness (QED) is 0.0264. The number of hydrogen-bond donors (Lipinski definition) is 0. The molecule has 0 aromatic carbocycles. The molecule has 0 saturated heterocycles. The number of esters is 3. The first-order valence-electron chi connectivity index (χ1n) is 24.4. The lowest BCUT2D eigenvalue weighted by atomic mass is 10.1. The summed E-state index contributed by atoms with van der Waals surface area (Å²) in [4.78, 5) is 37.9. The van der Waals surface area contributed by atoms with E-state index in [9.17, 15) is 14.4 Å². The van der Waals surface area contributed by atoms with Gasteiger partial charge in [-0.15, -0.1) is 0 Å². The van der Waals surface area contributed by atoms with Gasteiger partial charge in [-0.3, -0.25) is 14.4 Å². The summed E-state index contributed by atoms with van der Waals surface area (Å²) in [6.07, 6.45) is 65.1. The second-order valence-corrected chi connectivity index (χ2v) is 15.6. The zero-order valence-electron chi connectivity index (χ0n) is 39.1. The first-order valence-corrected chi connectivity index (χ1v) is 24.4. The van der Waals surface area contributed by atoms with Crippen LogP contribution in [0, 0.1) is 0 Å². The average molecular weight is 845 g/mol. The van der Waals surface area contributed by atoms with Crippen LogP contribution in [0.1, 0.15) is 201 Å². The van der Waals surface area contributed by atoms with Crippen LogP contribution in [-0.2, 0) is 28.6 Å². The molecule has 0 bridgehead atoms. The van der Waals surface area contributed by atoms with Crippen molar-refractivity contribution in [2.75, 3.05) is 13.2 Å². The molecule has 0 heterocycles. The van der Waals surface area contributed by atoms with E-state index in [1.165, 1.54) is 25.7 Å². The Morgan fingerprint density at radius 1 is 0.328 bits per heavy atom. The van der Waals surface area contributed by atoms with E-state index in [0.29, 0.717) is 19.3 Å². The zero-order chi connectivity index (χ0) is 44.4.